The number of hydrogen-bond acceptors (Lipinski definition) is 1. The summed E-state index contributed by atoms with van der Waals surface area (Å²) >= 11 is 4.45. The Balaban J connectivity index is 3.15. The van der Waals surface area contributed by atoms with E-state index in [1.165, 1.54) is 20.1 Å². The topological polar surface area (TPSA) is 0 Å². The van der Waals surface area contributed by atoms with Crippen LogP contribution < -0.4 is 0 Å². The van der Waals surface area contributed by atoms with Gasteiger partial charge in [0.05, 0.1) is 0 Å². The Kier molecular flexibility index (Phi) is 5.46. The van der Waals surface area contributed by atoms with Crippen LogP contribution in [-0.4, -0.2) is 12.4 Å². The fourth-order valence-corrected chi connectivity index (χ4v) is 1.68. The SMILES string of the molecule is CCC[C@H](S)BC(C)C. The van der Waals surface area contributed by atoms with E-state index in [9.17, 15) is 0 Å². The molecular weight excluding hydrogens is 127 g/mol. The molecule has 0 aromatic rings. The molecule has 0 heterocycles. The van der Waals surface area contributed by atoms with Crippen molar-refractivity contribution < 1.29 is 0 Å². The van der Waals surface area contributed by atoms with Crippen molar-refractivity contribution in [2.45, 2.75) is 44.6 Å². The second-order valence-electron chi connectivity index (χ2n) is 3.07. The zero-order chi connectivity index (χ0) is 7.28. The second kappa shape index (κ2) is 5.22. The first-order valence-electron chi connectivity index (χ1n) is 3.84. The number of hydrogen-bond donors (Lipinski definition) is 1. The Morgan fingerprint density at radius 3 is 2.33 bits per heavy atom. The zero-order valence-corrected chi connectivity index (χ0v) is 7.62. The maximum atomic E-state index is 4.45. The van der Waals surface area contributed by atoms with Gasteiger partial charge in [-0.15, -0.1) is 0 Å². The average molecular weight is 144 g/mol. The molecule has 0 aliphatic carbocycles. The minimum atomic E-state index is 0.634. The summed E-state index contributed by atoms with van der Waals surface area (Å²) in [6.45, 7) is 6.71. The van der Waals surface area contributed by atoms with Gasteiger partial charge in [0.25, 0.3) is 0 Å². The lowest BCUT2D eigenvalue weighted by molar-refractivity contribution is 0.851. The van der Waals surface area contributed by atoms with Crippen LogP contribution in [-0.2, 0) is 0 Å². The van der Waals surface area contributed by atoms with Crippen molar-refractivity contribution in [1.82, 2.24) is 0 Å². The van der Waals surface area contributed by atoms with Gasteiger partial charge >= 0.3 is 0 Å². The summed E-state index contributed by atoms with van der Waals surface area (Å²) < 4.78 is 0. The molecule has 0 bridgehead atoms. The molecule has 0 saturated heterocycles. The van der Waals surface area contributed by atoms with Crippen LogP contribution in [0.1, 0.15) is 33.6 Å². The first kappa shape index (κ1) is 9.41. The molecule has 0 saturated carbocycles. The minimum Gasteiger partial charge on any atom is -0.185 e. The smallest absolute Gasteiger partial charge is 0.139 e. The van der Waals surface area contributed by atoms with Crippen LogP contribution in [0.3, 0.4) is 0 Å². The molecule has 9 heavy (non-hydrogen) atoms. The lowest BCUT2D eigenvalue weighted by Gasteiger charge is -2.08. The van der Waals surface area contributed by atoms with Crippen LogP contribution in [0.2, 0.25) is 5.82 Å². The van der Waals surface area contributed by atoms with Crippen molar-refractivity contribution in [2.75, 3.05) is 0 Å². The lowest BCUT2D eigenvalue weighted by Crippen LogP contribution is -2.11. The highest BCUT2D eigenvalue weighted by molar-refractivity contribution is 7.82. The summed E-state index contributed by atoms with van der Waals surface area (Å²) in [5.74, 6) is 0.805. The molecule has 0 unspecified atom stereocenters. The monoisotopic (exact) mass is 144 g/mol. The summed E-state index contributed by atoms with van der Waals surface area (Å²) in [5.41, 5.74) is 0. The van der Waals surface area contributed by atoms with Gasteiger partial charge in [-0.1, -0.05) is 33.0 Å². The average Bonchev–Trinajstić information content (AvgIpc) is 1.63. The Bertz CT molecular complexity index is 63.9. The van der Waals surface area contributed by atoms with Crippen LogP contribution in [0.4, 0.5) is 0 Å². The number of rotatable bonds is 4. The van der Waals surface area contributed by atoms with Gasteiger partial charge in [-0.25, -0.2) is 0 Å². The van der Waals surface area contributed by atoms with Crippen molar-refractivity contribution in [2.24, 2.45) is 0 Å². The second-order valence-corrected chi connectivity index (χ2v) is 3.80. The molecule has 0 aromatic heterocycles. The first-order chi connectivity index (χ1) is 4.16. The third-order valence-electron chi connectivity index (χ3n) is 1.37. The molecule has 0 N–H and O–H groups in total. The van der Waals surface area contributed by atoms with Crippen LogP contribution in [0.25, 0.3) is 0 Å². The fraction of sp³-hybridized carbons (Fsp3) is 1.00. The Morgan fingerprint density at radius 2 is 2.00 bits per heavy atom. The van der Waals surface area contributed by atoms with Gasteiger partial charge < -0.3 is 0 Å². The molecule has 0 radical (unpaired) electrons. The highest BCUT2D eigenvalue weighted by Gasteiger charge is 2.05. The minimum absolute atomic E-state index is 0.634. The van der Waals surface area contributed by atoms with E-state index >= 15 is 0 Å². The van der Waals surface area contributed by atoms with Crippen LogP contribution in [0.5, 0.6) is 0 Å². The van der Waals surface area contributed by atoms with Crippen molar-refractivity contribution in [3.63, 3.8) is 0 Å². The van der Waals surface area contributed by atoms with E-state index in [1.54, 1.807) is 0 Å². The Hall–Kier alpha value is 0.415. The van der Waals surface area contributed by atoms with E-state index in [-0.39, 0.29) is 0 Å². The van der Waals surface area contributed by atoms with Crippen molar-refractivity contribution in [3.8, 4) is 0 Å². The molecule has 0 spiro atoms. The standard InChI is InChI=1S/C7H17BS/c1-4-5-7(9)8-6(2)3/h6-9H,4-5H2,1-3H3/t7-/m0/s1. The fourth-order valence-electron chi connectivity index (χ4n) is 0.995. The maximum absolute atomic E-state index is 4.45. The van der Waals surface area contributed by atoms with Gasteiger partial charge in [0.15, 0.2) is 0 Å². The van der Waals surface area contributed by atoms with E-state index < -0.39 is 0 Å². The molecule has 0 amide bonds. The predicted octanol–water partition coefficient (Wildman–Crippen LogP) is 2.31. The number of thiol groups is 1. The molecule has 0 aliphatic heterocycles. The van der Waals surface area contributed by atoms with E-state index in [1.807, 2.05) is 0 Å². The third kappa shape index (κ3) is 6.30. The molecule has 1 atom stereocenters. The largest absolute Gasteiger partial charge is 0.185 e. The van der Waals surface area contributed by atoms with Gasteiger partial charge in [-0.05, 0) is 11.6 Å². The van der Waals surface area contributed by atoms with Gasteiger partial charge in [0.1, 0.15) is 7.28 Å². The van der Waals surface area contributed by atoms with Crippen LogP contribution in [0.15, 0.2) is 0 Å². The van der Waals surface area contributed by atoms with Crippen molar-refractivity contribution in [3.05, 3.63) is 0 Å². The molecule has 0 aromatic carbocycles. The molecule has 0 fully saturated rings. The summed E-state index contributed by atoms with van der Waals surface area (Å²) in [4.78, 5) is 0. The predicted molar refractivity (Wildman–Crippen MR) is 49.9 cm³/mol. The third-order valence-corrected chi connectivity index (χ3v) is 1.83. The van der Waals surface area contributed by atoms with E-state index in [0.717, 1.165) is 5.82 Å². The van der Waals surface area contributed by atoms with Crippen molar-refractivity contribution in [1.29, 1.82) is 0 Å². The normalized spacial score (nSPS) is 13.9. The van der Waals surface area contributed by atoms with E-state index in [0.29, 0.717) is 5.15 Å². The summed E-state index contributed by atoms with van der Waals surface area (Å²) in [5, 5.41) is 0.634. The summed E-state index contributed by atoms with van der Waals surface area (Å²) in [6, 6.07) is 0. The van der Waals surface area contributed by atoms with Crippen LogP contribution >= 0.6 is 12.6 Å². The summed E-state index contributed by atoms with van der Waals surface area (Å²) in [7, 11) is 1.26. The lowest BCUT2D eigenvalue weighted by atomic mass is 9.62. The molecule has 0 nitrogen and oxygen atoms in total. The maximum Gasteiger partial charge on any atom is 0.139 e. The quantitative estimate of drug-likeness (QED) is 0.454. The molecule has 0 rings (SSSR count). The molecule has 2 heteroatoms. The van der Waals surface area contributed by atoms with E-state index in [4.69, 9.17) is 0 Å². The van der Waals surface area contributed by atoms with Crippen LogP contribution in [0, 0.1) is 0 Å². The first-order valence-corrected chi connectivity index (χ1v) is 4.36. The Morgan fingerprint density at radius 1 is 1.44 bits per heavy atom. The van der Waals surface area contributed by atoms with Gasteiger partial charge in [0.2, 0.25) is 0 Å². The zero-order valence-electron chi connectivity index (χ0n) is 6.72. The van der Waals surface area contributed by atoms with Crippen molar-refractivity contribution >= 4 is 19.9 Å². The van der Waals surface area contributed by atoms with E-state index in [2.05, 4.69) is 33.4 Å². The highest BCUT2D eigenvalue weighted by atomic mass is 32.1. The van der Waals surface area contributed by atoms with Gasteiger partial charge in [0, 0.05) is 0 Å². The van der Waals surface area contributed by atoms with Gasteiger partial charge in [-0.2, -0.15) is 12.6 Å². The molecule has 0 aliphatic rings. The Labute approximate surface area is 65.1 Å². The molecule has 54 valence electrons. The highest BCUT2D eigenvalue weighted by Crippen LogP contribution is 2.09. The summed E-state index contributed by atoms with van der Waals surface area (Å²) in [6.07, 6.45) is 2.53. The molecular formula is C7H17BS. The van der Waals surface area contributed by atoms with Gasteiger partial charge in [-0.3, -0.25) is 0 Å².